The summed E-state index contributed by atoms with van der Waals surface area (Å²) >= 11 is 12.1. The molecule has 4 rings (SSSR count). The minimum Gasteiger partial charge on any atom is -0.376 e. The van der Waals surface area contributed by atoms with Crippen LogP contribution in [0.5, 0.6) is 0 Å². The Balaban J connectivity index is 1.61. The standard InChI is InChI=1S/C22H24ClFN4OS/c1-26(13-17-5-2-3-7-20(17)23)15-28-22(30)27(14-19-6-4-12-29-19)21(25-28)16-8-10-18(24)11-9-16/h2-3,5,7-11,19H,4,6,12-15H2,1H3. The van der Waals surface area contributed by atoms with Crippen LogP contribution in [0, 0.1) is 10.6 Å². The first-order valence-corrected chi connectivity index (χ1v) is 10.8. The second-order valence-corrected chi connectivity index (χ2v) is 8.38. The first-order valence-electron chi connectivity index (χ1n) is 9.98. The van der Waals surface area contributed by atoms with Crippen LogP contribution in [-0.2, 0) is 24.5 Å². The van der Waals surface area contributed by atoms with Crippen molar-refractivity contribution in [3.63, 3.8) is 0 Å². The van der Waals surface area contributed by atoms with E-state index in [-0.39, 0.29) is 11.9 Å². The second-order valence-electron chi connectivity index (χ2n) is 7.61. The first-order chi connectivity index (χ1) is 14.5. The van der Waals surface area contributed by atoms with E-state index in [0.29, 0.717) is 24.5 Å². The van der Waals surface area contributed by atoms with Crippen molar-refractivity contribution in [3.8, 4) is 11.4 Å². The molecule has 1 unspecified atom stereocenters. The molecule has 0 N–H and O–H groups in total. The minimum atomic E-state index is -0.276. The maximum atomic E-state index is 13.4. The van der Waals surface area contributed by atoms with Crippen molar-refractivity contribution in [1.29, 1.82) is 0 Å². The molecule has 1 aliphatic rings. The monoisotopic (exact) mass is 446 g/mol. The molecule has 3 aromatic rings. The van der Waals surface area contributed by atoms with Crippen molar-refractivity contribution in [1.82, 2.24) is 19.2 Å². The van der Waals surface area contributed by atoms with Gasteiger partial charge in [-0.3, -0.25) is 9.47 Å². The number of hydrogen-bond donors (Lipinski definition) is 0. The van der Waals surface area contributed by atoms with E-state index < -0.39 is 0 Å². The summed E-state index contributed by atoms with van der Waals surface area (Å²) in [4.78, 5) is 2.11. The van der Waals surface area contributed by atoms with Gasteiger partial charge in [-0.25, -0.2) is 9.07 Å². The fourth-order valence-corrected chi connectivity index (χ4v) is 4.15. The van der Waals surface area contributed by atoms with Crippen LogP contribution < -0.4 is 0 Å². The number of aromatic nitrogens is 3. The molecule has 8 heteroatoms. The van der Waals surface area contributed by atoms with Gasteiger partial charge in [0.15, 0.2) is 10.6 Å². The van der Waals surface area contributed by atoms with Gasteiger partial charge in [-0.15, -0.1) is 0 Å². The topological polar surface area (TPSA) is 35.2 Å². The van der Waals surface area contributed by atoms with Gasteiger partial charge < -0.3 is 4.74 Å². The average Bonchev–Trinajstić information content (AvgIpc) is 3.34. The van der Waals surface area contributed by atoms with Crippen molar-refractivity contribution >= 4 is 23.8 Å². The highest BCUT2D eigenvalue weighted by Gasteiger charge is 2.21. The lowest BCUT2D eigenvalue weighted by Gasteiger charge is -2.17. The predicted octanol–water partition coefficient (Wildman–Crippen LogP) is 5.14. The Labute approximate surface area is 185 Å². The molecule has 5 nitrogen and oxygen atoms in total. The third-order valence-electron chi connectivity index (χ3n) is 5.21. The van der Waals surface area contributed by atoms with Crippen molar-refractivity contribution in [3.05, 3.63) is 69.7 Å². The van der Waals surface area contributed by atoms with E-state index in [1.54, 1.807) is 16.8 Å². The van der Waals surface area contributed by atoms with Gasteiger partial charge in [-0.05, 0) is 68.0 Å². The third-order valence-corrected chi connectivity index (χ3v) is 6.01. The third kappa shape index (κ3) is 4.81. The Kier molecular flexibility index (Phi) is 6.63. The highest BCUT2D eigenvalue weighted by Crippen LogP contribution is 2.23. The van der Waals surface area contributed by atoms with E-state index in [1.807, 2.05) is 35.9 Å². The molecule has 1 saturated heterocycles. The van der Waals surface area contributed by atoms with Crippen molar-refractivity contribution in [2.45, 2.75) is 38.7 Å². The van der Waals surface area contributed by atoms with Crippen molar-refractivity contribution in [2.24, 2.45) is 0 Å². The van der Waals surface area contributed by atoms with Gasteiger partial charge in [0.1, 0.15) is 5.82 Å². The van der Waals surface area contributed by atoms with Gasteiger partial charge in [0.25, 0.3) is 0 Å². The summed E-state index contributed by atoms with van der Waals surface area (Å²) in [5, 5.41) is 5.52. The smallest absolute Gasteiger partial charge is 0.199 e. The summed E-state index contributed by atoms with van der Waals surface area (Å²) in [6, 6.07) is 14.1. The quantitative estimate of drug-likeness (QED) is 0.470. The van der Waals surface area contributed by atoms with E-state index >= 15 is 0 Å². The van der Waals surface area contributed by atoms with Gasteiger partial charge >= 0.3 is 0 Å². The Bertz CT molecular complexity index is 1060. The summed E-state index contributed by atoms with van der Waals surface area (Å²) in [5.74, 6) is 0.448. The fourth-order valence-electron chi connectivity index (χ4n) is 3.70. The zero-order valence-corrected chi connectivity index (χ0v) is 18.4. The molecule has 1 fully saturated rings. The summed E-state index contributed by atoms with van der Waals surface area (Å²) < 4.78 is 23.7. The van der Waals surface area contributed by atoms with Crippen LogP contribution in [0.1, 0.15) is 18.4 Å². The van der Waals surface area contributed by atoms with Gasteiger partial charge in [0.2, 0.25) is 0 Å². The van der Waals surface area contributed by atoms with Crippen LogP contribution in [0.4, 0.5) is 4.39 Å². The Morgan fingerprint density at radius 1 is 1.23 bits per heavy atom. The molecule has 2 aromatic carbocycles. The molecular formula is C22H24ClFN4OS. The molecule has 1 atom stereocenters. The predicted molar refractivity (Wildman–Crippen MR) is 118 cm³/mol. The largest absolute Gasteiger partial charge is 0.376 e. The van der Waals surface area contributed by atoms with E-state index in [2.05, 4.69) is 4.90 Å². The van der Waals surface area contributed by atoms with E-state index in [4.69, 9.17) is 33.7 Å². The zero-order valence-electron chi connectivity index (χ0n) is 16.8. The van der Waals surface area contributed by atoms with E-state index in [1.165, 1.54) is 12.1 Å². The number of benzene rings is 2. The van der Waals surface area contributed by atoms with Gasteiger partial charge in [-0.1, -0.05) is 29.8 Å². The lowest BCUT2D eigenvalue weighted by Crippen LogP contribution is -2.23. The highest BCUT2D eigenvalue weighted by molar-refractivity contribution is 7.71. The average molecular weight is 447 g/mol. The fraction of sp³-hybridized carbons (Fsp3) is 0.364. The number of hydrogen-bond acceptors (Lipinski definition) is 4. The molecule has 0 bridgehead atoms. The molecule has 30 heavy (non-hydrogen) atoms. The molecule has 0 aliphatic carbocycles. The molecule has 0 amide bonds. The van der Waals surface area contributed by atoms with Crippen LogP contribution >= 0.6 is 23.8 Å². The lowest BCUT2D eigenvalue weighted by molar-refractivity contribution is 0.0967. The first kappa shape index (κ1) is 21.2. The summed E-state index contributed by atoms with van der Waals surface area (Å²) in [7, 11) is 2.00. The normalized spacial score (nSPS) is 16.5. The molecule has 2 heterocycles. The van der Waals surface area contributed by atoms with Gasteiger partial charge in [-0.2, -0.15) is 5.10 Å². The van der Waals surface area contributed by atoms with Gasteiger partial charge in [0.05, 0.1) is 19.3 Å². The summed E-state index contributed by atoms with van der Waals surface area (Å²) in [5.41, 5.74) is 1.87. The molecule has 0 radical (unpaired) electrons. The Morgan fingerprint density at radius 3 is 2.70 bits per heavy atom. The maximum Gasteiger partial charge on any atom is 0.199 e. The zero-order chi connectivity index (χ0) is 21.1. The summed E-state index contributed by atoms with van der Waals surface area (Å²) in [6.07, 6.45) is 2.18. The Hall–Kier alpha value is -2.06. The second kappa shape index (κ2) is 9.39. The summed E-state index contributed by atoms with van der Waals surface area (Å²) in [6.45, 7) is 2.60. The molecule has 158 valence electrons. The van der Waals surface area contributed by atoms with Crippen molar-refractivity contribution < 1.29 is 9.13 Å². The number of rotatable bonds is 7. The van der Waals surface area contributed by atoms with Crippen LogP contribution in [0.3, 0.4) is 0 Å². The number of ether oxygens (including phenoxy) is 1. The Morgan fingerprint density at radius 2 is 2.00 bits per heavy atom. The number of halogens is 2. The van der Waals surface area contributed by atoms with Gasteiger partial charge in [0, 0.05) is 23.7 Å². The van der Waals surface area contributed by atoms with E-state index in [9.17, 15) is 4.39 Å². The number of nitrogens with zero attached hydrogens (tertiary/aromatic N) is 4. The molecule has 0 saturated carbocycles. The minimum absolute atomic E-state index is 0.120. The van der Waals surface area contributed by atoms with Crippen molar-refractivity contribution in [2.75, 3.05) is 13.7 Å². The van der Waals surface area contributed by atoms with Crippen LogP contribution in [-0.4, -0.2) is 39.0 Å². The lowest BCUT2D eigenvalue weighted by atomic mass is 10.2. The highest BCUT2D eigenvalue weighted by atomic mass is 35.5. The van der Waals surface area contributed by atoms with Crippen LogP contribution in [0.25, 0.3) is 11.4 Å². The van der Waals surface area contributed by atoms with E-state index in [0.717, 1.165) is 41.4 Å². The van der Waals surface area contributed by atoms with Crippen LogP contribution in [0.15, 0.2) is 48.5 Å². The molecule has 0 spiro atoms. The van der Waals surface area contributed by atoms with Crippen LogP contribution in [0.2, 0.25) is 5.02 Å². The maximum absolute atomic E-state index is 13.4. The molecule has 1 aliphatic heterocycles. The molecule has 1 aromatic heterocycles. The SMILES string of the molecule is CN(Cc1ccccc1Cl)Cn1nc(-c2ccc(F)cc2)n(CC2CCCO2)c1=S. The molecular weight excluding hydrogens is 423 g/mol.